The van der Waals surface area contributed by atoms with Gasteiger partial charge in [0.05, 0.1) is 6.04 Å². The van der Waals surface area contributed by atoms with Crippen molar-refractivity contribution < 1.29 is 0 Å². The second-order valence-electron chi connectivity index (χ2n) is 6.02. The molecule has 2 heterocycles. The van der Waals surface area contributed by atoms with Crippen molar-refractivity contribution >= 4 is 5.82 Å². The number of fused-ring (bicyclic) bond motifs is 2. The van der Waals surface area contributed by atoms with Crippen LogP contribution < -0.4 is 10.6 Å². The molecule has 2 N–H and O–H groups in total. The van der Waals surface area contributed by atoms with Gasteiger partial charge in [0.1, 0.15) is 5.82 Å². The number of benzene rings is 1. The molecule has 3 heteroatoms. The Balaban J connectivity index is 1.72. The van der Waals surface area contributed by atoms with Crippen LogP contribution in [0.3, 0.4) is 0 Å². The van der Waals surface area contributed by atoms with Crippen molar-refractivity contribution in [1.82, 2.24) is 4.98 Å². The normalized spacial score (nSPS) is 20.2. The minimum absolute atomic E-state index is 0.252. The van der Waals surface area contributed by atoms with Crippen LogP contribution in [0, 0.1) is 0 Å². The van der Waals surface area contributed by atoms with E-state index in [2.05, 4.69) is 41.3 Å². The predicted octanol–water partition coefficient (Wildman–Crippen LogP) is 2.63. The van der Waals surface area contributed by atoms with Gasteiger partial charge in [-0.05, 0) is 48.4 Å². The number of rotatable bonds is 2. The lowest BCUT2D eigenvalue weighted by molar-refractivity contribution is 0.583. The number of hydrogen-bond acceptors (Lipinski definition) is 3. The molecule has 1 aromatic carbocycles. The van der Waals surface area contributed by atoms with Crippen LogP contribution in [0.2, 0.25) is 0 Å². The second-order valence-corrected chi connectivity index (χ2v) is 6.02. The fourth-order valence-electron chi connectivity index (χ4n) is 3.75. The van der Waals surface area contributed by atoms with Gasteiger partial charge in [-0.15, -0.1) is 0 Å². The van der Waals surface area contributed by atoms with E-state index >= 15 is 0 Å². The minimum Gasteiger partial charge on any atom is -0.348 e. The zero-order valence-corrected chi connectivity index (χ0v) is 12.3. The van der Waals surface area contributed by atoms with Crippen molar-refractivity contribution in [1.29, 1.82) is 0 Å². The third kappa shape index (κ3) is 2.12. The summed E-state index contributed by atoms with van der Waals surface area (Å²) in [6, 6.07) is 13.4. The predicted molar refractivity (Wildman–Crippen MR) is 85.5 cm³/mol. The number of aryl methyl sites for hydroxylation is 2. The van der Waals surface area contributed by atoms with Gasteiger partial charge in [0.2, 0.25) is 0 Å². The van der Waals surface area contributed by atoms with Crippen LogP contribution in [0.4, 0.5) is 5.82 Å². The highest BCUT2D eigenvalue weighted by molar-refractivity contribution is 5.49. The van der Waals surface area contributed by atoms with E-state index in [9.17, 15) is 0 Å². The van der Waals surface area contributed by atoms with Gasteiger partial charge in [-0.25, -0.2) is 4.98 Å². The van der Waals surface area contributed by atoms with Crippen LogP contribution in [-0.4, -0.2) is 18.1 Å². The Hall–Kier alpha value is -1.87. The summed E-state index contributed by atoms with van der Waals surface area (Å²) in [6.07, 6.45) is 4.63. The van der Waals surface area contributed by atoms with Gasteiger partial charge >= 0.3 is 0 Å². The molecule has 2 aromatic rings. The quantitative estimate of drug-likeness (QED) is 0.919. The smallest absolute Gasteiger partial charge is 0.129 e. The largest absolute Gasteiger partial charge is 0.348 e. The molecule has 3 nitrogen and oxygen atoms in total. The number of nitrogens with zero attached hydrogens (tertiary/aromatic N) is 2. The highest BCUT2D eigenvalue weighted by Gasteiger charge is 2.27. The third-order valence-corrected chi connectivity index (χ3v) is 4.84. The monoisotopic (exact) mass is 279 g/mol. The molecule has 1 aliphatic heterocycles. The Morgan fingerprint density at radius 1 is 1.05 bits per heavy atom. The average molecular weight is 279 g/mol. The van der Waals surface area contributed by atoms with E-state index in [4.69, 9.17) is 10.7 Å². The molecule has 0 spiro atoms. The van der Waals surface area contributed by atoms with Crippen molar-refractivity contribution in [3.63, 3.8) is 0 Å². The van der Waals surface area contributed by atoms with Gasteiger partial charge in [0.15, 0.2) is 0 Å². The molecule has 1 aliphatic carbocycles. The lowest BCUT2D eigenvalue weighted by atomic mass is 9.92. The molecule has 0 saturated heterocycles. The molecule has 0 fully saturated rings. The fraction of sp³-hybridized carbons (Fsp3) is 0.389. The Bertz CT molecular complexity index is 665. The first-order valence-corrected chi connectivity index (χ1v) is 7.90. The number of pyridine rings is 1. The molecule has 21 heavy (non-hydrogen) atoms. The van der Waals surface area contributed by atoms with E-state index in [0.29, 0.717) is 6.54 Å². The molecule has 0 amide bonds. The summed E-state index contributed by atoms with van der Waals surface area (Å²) in [5, 5.41) is 0. The highest BCUT2D eigenvalue weighted by atomic mass is 15.2. The summed E-state index contributed by atoms with van der Waals surface area (Å²) in [4.78, 5) is 7.31. The zero-order valence-electron chi connectivity index (χ0n) is 12.3. The van der Waals surface area contributed by atoms with Crippen molar-refractivity contribution in [2.75, 3.05) is 18.0 Å². The van der Waals surface area contributed by atoms with E-state index < -0.39 is 0 Å². The zero-order chi connectivity index (χ0) is 14.2. The molecule has 108 valence electrons. The van der Waals surface area contributed by atoms with Gasteiger partial charge in [0.25, 0.3) is 0 Å². The molecule has 1 aromatic heterocycles. The first-order valence-electron chi connectivity index (χ1n) is 7.90. The summed E-state index contributed by atoms with van der Waals surface area (Å²) in [7, 11) is 0. The lowest BCUT2D eigenvalue weighted by Gasteiger charge is -2.37. The maximum atomic E-state index is 6.09. The van der Waals surface area contributed by atoms with Crippen LogP contribution in [0.25, 0.3) is 0 Å². The fourth-order valence-corrected chi connectivity index (χ4v) is 3.75. The second kappa shape index (κ2) is 5.15. The van der Waals surface area contributed by atoms with Crippen LogP contribution in [0.15, 0.2) is 36.4 Å². The van der Waals surface area contributed by atoms with Crippen molar-refractivity contribution in [3.8, 4) is 0 Å². The maximum Gasteiger partial charge on any atom is 0.129 e. The maximum absolute atomic E-state index is 6.09. The molecule has 1 unspecified atom stereocenters. The minimum atomic E-state index is 0.252. The summed E-state index contributed by atoms with van der Waals surface area (Å²) >= 11 is 0. The molecular formula is C18H21N3. The summed E-state index contributed by atoms with van der Waals surface area (Å²) < 4.78 is 0. The number of hydrogen-bond donors (Lipinski definition) is 1. The Kier molecular flexibility index (Phi) is 3.15. The van der Waals surface area contributed by atoms with Crippen LogP contribution in [0.5, 0.6) is 0 Å². The van der Waals surface area contributed by atoms with Crippen LogP contribution >= 0.6 is 0 Å². The third-order valence-electron chi connectivity index (χ3n) is 4.84. The number of anilines is 1. The summed E-state index contributed by atoms with van der Waals surface area (Å²) in [6.45, 7) is 1.64. The Morgan fingerprint density at radius 3 is 2.86 bits per heavy atom. The average Bonchev–Trinajstić information content (AvgIpc) is 3.01. The van der Waals surface area contributed by atoms with Gasteiger partial charge in [-0.2, -0.15) is 0 Å². The van der Waals surface area contributed by atoms with E-state index in [1.165, 1.54) is 35.2 Å². The molecule has 0 bridgehead atoms. The van der Waals surface area contributed by atoms with E-state index in [0.717, 1.165) is 25.2 Å². The highest BCUT2D eigenvalue weighted by Crippen LogP contribution is 2.33. The standard InChI is InChI=1S/C18H21N3/c19-12-17-15-6-2-1-4-13(15)10-11-21(17)18-9-8-14-5-3-7-16(14)20-18/h1-2,4,6,8-9,17H,3,5,7,10-12,19H2. The van der Waals surface area contributed by atoms with E-state index in [-0.39, 0.29) is 6.04 Å². The van der Waals surface area contributed by atoms with Gasteiger partial charge in [-0.3, -0.25) is 0 Å². The Morgan fingerprint density at radius 2 is 1.95 bits per heavy atom. The molecule has 0 radical (unpaired) electrons. The Labute approximate surface area is 125 Å². The van der Waals surface area contributed by atoms with Crippen molar-refractivity contribution in [3.05, 3.63) is 58.8 Å². The summed E-state index contributed by atoms with van der Waals surface area (Å²) in [5.41, 5.74) is 11.6. The van der Waals surface area contributed by atoms with Gasteiger partial charge in [-0.1, -0.05) is 30.3 Å². The molecule has 1 atom stereocenters. The van der Waals surface area contributed by atoms with Crippen LogP contribution in [-0.2, 0) is 19.3 Å². The molecular weight excluding hydrogens is 258 g/mol. The molecule has 0 saturated carbocycles. The van der Waals surface area contributed by atoms with Crippen LogP contribution in [0.1, 0.15) is 34.8 Å². The first-order chi connectivity index (χ1) is 10.4. The topological polar surface area (TPSA) is 42.1 Å². The first kappa shape index (κ1) is 12.8. The number of aromatic nitrogens is 1. The summed E-state index contributed by atoms with van der Waals surface area (Å²) in [5.74, 6) is 1.10. The van der Waals surface area contributed by atoms with E-state index in [1.807, 2.05) is 0 Å². The lowest BCUT2D eigenvalue weighted by Crippen LogP contribution is -2.40. The molecule has 2 aliphatic rings. The number of nitrogens with two attached hydrogens (primary N) is 1. The van der Waals surface area contributed by atoms with E-state index in [1.54, 1.807) is 0 Å². The van der Waals surface area contributed by atoms with Gasteiger partial charge < -0.3 is 10.6 Å². The molecule has 4 rings (SSSR count). The SMILES string of the molecule is NCC1c2ccccc2CCN1c1ccc2c(n1)CCC2. The van der Waals surface area contributed by atoms with Crippen molar-refractivity contribution in [2.45, 2.75) is 31.7 Å². The van der Waals surface area contributed by atoms with Gasteiger partial charge in [0, 0.05) is 18.8 Å². The van der Waals surface area contributed by atoms with Crippen molar-refractivity contribution in [2.24, 2.45) is 5.73 Å².